The Morgan fingerprint density at radius 3 is 2.62 bits per heavy atom. The first-order chi connectivity index (χ1) is 11.4. The molecule has 1 aromatic heterocycles. The smallest absolute Gasteiger partial charge is 0.257 e. The minimum Gasteiger partial charge on any atom is -0.341 e. The van der Waals surface area contributed by atoms with E-state index in [0.29, 0.717) is 24.5 Å². The van der Waals surface area contributed by atoms with Crippen molar-refractivity contribution in [2.45, 2.75) is 38.8 Å². The molecule has 4 heterocycles. The Morgan fingerprint density at radius 2 is 1.96 bits per heavy atom. The Bertz CT molecular complexity index is 772. The summed E-state index contributed by atoms with van der Waals surface area (Å²) in [5.74, 6) is 1.52. The van der Waals surface area contributed by atoms with E-state index in [1.54, 1.807) is 11.1 Å². The molecular weight excluding hydrogens is 328 g/mol. The number of amides is 1. The number of anilines is 1. The first kappa shape index (κ1) is 15.8. The maximum atomic E-state index is 12.6. The lowest BCUT2D eigenvalue weighted by Crippen LogP contribution is -2.36. The van der Waals surface area contributed by atoms with Gasteiger partial charge in [-0.1, -0.05) is 6.92 Å². The molecule has 8 heteroatoms. The van der Waals surface area contributed by atoms with E-state index in [2.05, 4.69) is 21.8 Å². The van der Waals surface area contributed by atoms with Crippen LogP contribution >= 0.6 is 0 Å². The van der Waals surface area contributed by atoms with Gasteiger partial charge in [0.15, 0.2) is 9.84 Å². The van der Waals surface area contributed by atoms with Crippen LogP contribution in [-0.4, -0.2) is 59.8 Å². The molecule has 130 valence electrons. The third kappa shape index (κ3) is 2.76. The van der Waals surface area contributed by atoms with Crippen LogP contribution in [0.2, 0.25) is 0 Å². The van der Waals surface area contributed by atoms with Gasteiger partial charge in [-0.15, -0.1) is 0 Å². The number of aromatic nitrogens is 2. The maximum Gasteiger partial charge on any atom is 0.257 e. The summed E-state index contributed by atoms with van der Waals surface area (Å²) in [4.78, 5) is 25.4. The number of hydrogen-bond donors (Lipinski definition) is 0. The third-order valence-electron chi connectivity index (χ3n) is 5.38. The van der Waals surface area contributed by atoms with Crippen LogP contribution in [0, 0.1) is 5.92 Å². The van der Waals surface area contributed by atoms with Crippen LogP contribution in [0.25, 0.3) is 0 Å². The van der Waals surface area contributed by atoms with E-state index in [9.17, 15) is 13.2 Å². The van der Waals surface area contributed by atoms with Crippen molar-refractivity contribution in [3.63, 3.8) is 0 Å². The van der Waals surface area contributed by atoms with Crippen molar-refractivity contribution in [2.75, 3.05) is 29.5 Å². The molecule has 3 aliphatic rings. The number of rotatable bonds is 2. The molecule has 3 aliphatic heterocycles. The van der Waals surface area contributed by atoms with Crippen molar-refractivity contribution >= 4 is 21.7 Å². The Morgan fingerprint density at radius 1 is 1.21 bits per heavy atom. The fraction of sp³-hybridized carbons (Fsp3) is 0.688. The van der Waals surface area contributed by atoms with Crippen LogP contribution in [0.3, 0.4) is 0 Å². The van der Waals surface area contributed by atoms with Gasteiger partial charge in [-0.3, -0.25) is 4.79 Å². The molecular formula is C16H22N4O3S. The van der Waals surface area contributed by atoms with Gasteiger partial charge in [0.05, 0.1) is 29.3 Å². The van der Waals surface area contributed by atoms with E-state index in [4.69, 9.17) is 0 Å². The number of nitrogens with zero attached hydrogens (tertiary/aromatic N) is 4. The number of sulfone groups is 1. The molecule has 0 N–H and O–H groups in total. The fourth-order valence-corrected chi connectivity index (χ4v) is 5.50. The van der Waals surface area contributed by atoms with E-state index in [1.165, 1.54) is 0 Å². The molecule has 1 aromatic rings. The zero-order chi connectivity index (χ0) is 16.9. The number of piperidine rings is 1. The van der Waals surface area contributed by atoms with Crippen LogP contribution in [0.15, 0.2) is 6.20 Å². The monoisotopic (exact) mass is 350 g/mol. The molecule has 0 bridgehead atoms. The van der Waals surface area contributed by atoms with Crippen LogP contribution in [0.4, 0.5) is 5.95 Å². The minimum atomic E-state index is -3.01. The summed E-state index contributed by atoms with van der Waals surface area (Å²) < 4.78 is 23.4. The molecule has 24 heavy (non-hydrogen) atoms. The normalized spacial score (nSPS) is 26.9. The van der Waals surface area contributed by atoms with Crippen molar-refractivity contribution in [1.82, 2.24) is 14.9 Å². The first-order valence-electron chi connectivity index (χ1n) is 8.55. The summed E-state index contributed by atoms with van der Waals surface area (Å²) in [5.41, 5.74) is 1.25. The summed E-state index contributed by atoms with van der Waals surface area (Å²) in [6, 6.07) is -0.226. The van der Waals surface area contributed by atoms with Gasteiger partial charge in [0, 0.05) is 25.3 Å². The lowest BCUT2D eigenvalue weighted by atomic mass is 10.00. The molecule has 1 atom stereocenters. The number of fused-ring (bicyclic) bond motifs is 1. The van der Waals surface area contributed by atoms with E-state index < -0.39 is 9.84 Å². The molecule has 2 saturated heterocycles. The van der Waals surface area contributed by atoms with E-state index in [1.807, 2.05) is 0 Å². The Labute approximate surface area is 142 Å². The summed E-state index contributed by atoms with van der Waals surface area (Å²) in [7, 11) is -3.01. The largest absolute Gasteiger partial charge is 0.341 e. The molecule has 1 amide bonds. The second-order valence-electron chi connectivity index (χ2n) is 7.19. The molecule has 0 radical (unpaired) electrons. The summed E-state index contributed by atoms with van der Waals surface area (Å²) in [6.45, 7) is 4.54. The van der Waals surface area contributed by atoms with Gasteiger partial charge in [0.1, 0.15) is 0 Å². The van der Waals surface area contributed by atoms with Gasteiger partial charge < -0.3 is 9.80 Å². The molecule has 4 rings (SSSR count). The molecule has 7 nitrogen and oxygen atoms in total. The summed E-state index contributed by atoms with van der Waals surface area (Å²) in [6.07, 6.45) is 4.39. The lowest BCUT2D eigenvalue weighted by molar-refractivity contribution is 0.0721. The molecule has 0 unspecified atom stereocenters. The molecule has 0 aromatic carbocycles. The van der Waals surface area contributed by atoms with Gasteiger partial charge in [-0.2, -0.15) is 0 Å². The highest BCUT2D eigenvalue weighted by molar-refractivity contribution is 7.91. The average molecular weight is 350 g/mol. The van der Waals surface area contributed by atoms with E-state index in [-0.39, 0.29) is 23.5 Å². The predicted molar refractivity (Wildman–Crippen MR) is 89.6 cm³/mol. The SMILES string of the molecule is CC1CCN(c2ncc3c(n2)CN([C@@H]2CCS(=O)(=O)C2)C3=O)CC1. The van der Waals surface area contributed by atoms with E-state index >= 15 is 0 Å². The quantitative estimate of drug-likeness (QED) is 0.786. The molecule has 2 fully saturated rings. The fourth-order valence-electron chi connectivity index (χ4n) is 3.77. The maximum absolute atomic E-state index is 12.6. The van der Waals surface area contributed by atoms with Crippen LogP contribution in [0.5, 0.6) is 0 Å². The van der Waals surface area contributed by atoms with Crippen molar-refractivity contribution in [2.24, 2.45) is 5.92 Å². The second kappa shape index (κ2) is 5.68. The van der Waals surface area contributed by atoms with Gasteiger partial charge in [0.25, 0.3) is 5.91 Å². The summed E-state index contributed by atoms with van der Waals surface area (Å²) in [5, 5.41) is 0. The standard InChI is InChI=1S/C16H22N4O3S/c1-11-2-5-19(6-3-11)16-17-8-13-14(18-16)9-20(15(13)21)12-4-7-24(22,23)10-12/h8,11-12H,2-7,9-10H2,1H3/t12-/m1/s1. The highest BCUT2D eigenvalue weighted by Gasteiger charge is 2.40. The Balaban J connectivity index is 1.53. The third-order valence-corrected chi connectivity index (χ3v) is 7.13. The van der Waals surface area contributed by atoms with Gasteiger partial charge in [-0.25, -0.2) is 18.4 Å². The van der Waals surface area contributed by atoms with Gasteiger partial charge in [-0.05, 0) is 25.2 Å². The minimum absolute atomic E-state index is 0.0665. The topological polar surface area (TPSA) is 83.5 Å². The highest BCUT2D eigenvalue weighted by atomic mass is 32.2. The number of carbonyl (C=O) groups excluding carboxylic acids is 1. The molecule has 0 saturated carbocycles. The first-order valence-corrected chi connectivity index (χ1v) is 10.4. The lowest BCUT2D eigenvalue weighted by Gasteiger charge is -2.30. The molecule has 0 spiro atoms. The summed E-state index contributed by atoms with van der Waals surface area (Å²) >= 11 is 0. The van der Waals surface area contributed by atoms with E-state index in [0.717, 1.165) is 37.5 Å². The molecule has 0 aliphatic carbocycles. The van der Waals surface area contributed by atoms with Crippen molar-refractivity contribution in [1.29, 1.82) is 0 Å². The Hall–Kier alpha value is -1.70. The van der Waals surface area contributed by atoms with Crippen LogP contribution in [0.1, 0.15) is 42.2 Å². The van der Waals surface area contributed by atoms with Crippen molar-refractivity contribution in [3.05, 3.63) is 17.5 Å². The Kier molecular flexibility index (Phi) is 3.74. The number of carbonyl (C=O) groups is 1. The van der Waals surface area contributed by atoms with Gasteiger partial charge in [0.2, 0.25) is 5.95 Å². The van der Waals surface area contributed by atoms with Crippen LogP contribution in [-0.2, 0) is 16.4 Å². The zero-order valence-electron chi connectivity index (χ0n) is 13.8. The zero-order valence-corrected chi connectivity index (χ0v) is 14.6. The second-order valence-corrected chi connectivity index (χ2v) is 9.42. The van der Waals surface area contributed by atoms with Crippen molar-refractivity contribution < 1.29 is 13.2 Å². The number of hydrogen-bond acceptors (Lipinski definition) is 6. The predicted octanol–water partition coefficient (Wildman–Crippen LogP) is 0.856. The van der Waals surface area contributed by atoms with Crippen LogP contribution < -0.4 is 4.90 Å². The highest BCUT2D eigenvalue weighted by Crippen LogP contribution is 2.29. The van der Waals surface area contributed by atoms with Gasteiger partial charge >= 0.3 is 0 Å². The average Bonchev–Trinajstić information content (AvgIpc) is 3.07. The van der Waals surface area contributed by atoms with Crippen molar-refractivity contribution in [3.8, 4) is 0 Å².